The molecule has 0 aliphatic rings. The van der Waals surface area contributed by atoms with Gasteiger partial charge in [-0.25, -0.2) is 0 Å². The zero-order valence-corrected chi connectivity index (χ0v) is 19.7. The van der Waals surface area contributed by atoms with E-state index in [-0.39, 0.29) is 0 Å². The van der Waals surface area contributed by atoms with Crippen molar-refractivity contribution in [3.63, 3.8) is 0 Å². The number of anilines is 2. The average Bonchev–Trinajstić information content (AvgIpc) is 3.24. The Labute approximate surface area is 200 Å². The van der Waals surface area contributed by atoms with Crippen molar-refractivity contribution in [2.45, 2.75) is 18.4 Å². The molecule has 5 heteroatoms. The highest BCUT2D eigenvalue weighted by Gasteiger charge is 2.06. The van der Waals surface area contributed by atoms with E-state index in [0.717, 1.165) is 28.3 Å². The van der Waals surface area contributed by atoms with Gasteiger partial charge in [0.2, 0.25) is 0 Å². The number of fused-ring (bicyclic) bond motifs is 1. The fourth-order valence-corrected chi connectivity index (χ4v) is 3.83. The lowest BCUT2D eigenvalue weighted by Crippen LogP contribution is -2.03. The summed E-state index contributed by atoms with van der Waals surface area (Å²) in [5, 5.41) is 8.05. The zero-order valence-electron chi connectivity index (χ0n) is 18.8. The van der Waals surface area contributed by atoms with Gasteiger partial charge in [-0.05, 0) is 66.6 Å². The maximum absolute atomic E-state index is 4.02. The van der Waals surface area contributed by atoms with E-state index in [2.05, 4.69) is 107 Å². The van der Waals surface area contributed by atoms with Crippen molar-refractivity contribution >= 4 is 34.9 Å². The molecule has 0 amide bonds. The minimum atomic E-state index is 0.866. The standard InChI is InChI=1S/C23H23N3.C5H5NS/c1-16-8-9-18(17-6-4-3-5-7-17)12-22(16)26-20-10-11-21-19(14-24-2)15-25-23(21)13-20;7-5-2-1-3-6-4-5/h3-13,15,24-26H,14H2,1-2H3;1-4,7H. The minimum absolute atomic E-state index is 0.866. The van der Waals surface area contributed by atoms with Crippen molar-refractivity contribution in [1.82, 2.24) is 15.3 Å². The van der Waals surface area contributed by atoms with Gasteiger partial charge in [-0.3, -0.25) is 4.98 Å². The fraction of sp³-hybridized carbons (Fsp3) is 0.107. The molecule has 166 valence electrons. The van der Waals surface area contributed by atoms with Crippen molar-refractivity contribution in [3.8, 4) is 11.1 Å². The number of hydrogen-bond acceptors (Lipinski definition) is 4. The molecule has 5 rings (SSSR count). The van der Waals surface area contributed by atoms with Crippen molar-refractivity contribution in [2.24, 2.45) is 0 Å². The number of nitrogens with one attached hydrogen (secondary N) is 3. The van der Waals surface area contributed by atoms with E-state index in [0.29, 0.717) is 0 Å². The lowest BCUT2D eigenvalue weighted by atomic mass is 10.0. The number of aryl methyl sites for hydroxylation is 1. The first-order valence-electron chi connectivity index (χ1n) is 10.9. The predicted molar refractivity (Wildman–Crippen MR) is 142 cm³/mol. The summed E-state index contributed by atoms with van der Waals surface area (Å²) in [7, 11) is 1.97. The Balaban J connectivity index is 0.000000318. The summed E-state index contributed by atoms with van der Waals surface area (Å²) in [5.74, 6) is 0. The number of H-pyrrole nitrogens is 1. The second-order valence-corrected chi connectivity index (χ2v) is 8.35. The highest BCUT2D eigenvalue weighted by atomic mass is 32.1. The number of aromatic nitrogens is 2. The van der Waals surface area contributed by atoms with Gasteiger partial charge in [0.1, 0.15) is 0 Å². The Kier molecular flexibility index (Phi) is 7.45. The van der Waals surface area contributed by atoms with Gasteiger partial charge in [0.05, 0.1) is 0 Å². The summed E-state index contributed by atoms with van der Waals surface area (Å²) < 4.78 is 0. The molecular formula is C28H28N4S. The number of hydrogen-bond donors (Lipinski definition) is 4. The first-order valence-corrected chi connectivity index (χ1v) is 11.4. The minimum Gasteiger partial charge on any atom is -0.361 e. The maximum atomic E-state index is 4.02. The van der Waals surface area contributed by atoms with E-state index >= 15 is 0 Å². The average molecular weight is 453 g/mol. The molecule has 0 atom stereocenters. The molecule has 0 saturated carbocycles. The first kappa shape index (κ1) is 22.6. The Morgan fingerprint density at radius 1 is 0.909 bits per heavy atom. The van der Waals surface area contributed by atoms with Gasteiger partial charge < -0.3 is 15.6 Å². The van der Waals surface area contributed by atoms with Crippen LogP contribution in [0.4, 0.5) is 11.4 Å². The van der Waals surface area contributed by atoms with Crippen LogP contribution in [-0.4, -0.2) is 17.0 Å². The van der Waals surface area contributed by atoms with Crippen molar-refractivity contribution < 1.29 is 0 Å². The normalized spacial score (nSPS) is 10.5. The van der Waals surface area contributed by atoms with Crippen molar-refractivity contribution in [2.75, 3.05) is 12.4 Å². The molecule has 0 unspecified atom stereocenters. The number of rotatable bonds is 5. The second kappa shape index (κ2) is 10.9. The molecule has 5 aromatic rings. The molecule has 2 aromatic heterocycles. The lowest BCUT2D eigenvalue weighted by Gasteiger charge is -2.12. The van der Waals surface area contributed by atoms with Gasteiger partial charge >= 0.3 is 0 Å². The van der Waals surface area contributed by atoms with Gasteiger partial charge in [-0.2, -0.15) is 0 Å². The van der Waals surface area contributed by atoms with Crippen LogP contribution < -0.4 is 10.6 Å². The molecular weight excluding hydrogens is 424 g/mol. The lowest BCUT2D eigenvalue weighted by molar-refractivity contribution is 0.823. The van der Waals surface area contributed by atoms with E-state index in [1.54, 1.807) is 12.4 Å². The monoisotopic (exact) mass is 452 g/mol. The molecule has 4 nitrogen and oxygen atoms in total. The van der Waals surface area contributed by atoms with E-state index < -0.39 is 0 Å². The Morgan fingerprint density at radius 2 is 1.76 bits per heavy atom. The number of thiol groups is 1. The molecule has 0 aliphatic heterocycles. The quantitative estimate of drug-likeness (QED) is 0.218. The second-order valence-electron chi connectivity index (χ2n) is 7.84. The van der Waals surface area contributed by atoms with Crippen molar-refractivity contribution in [1.29, 1.82) is 0 Å². The van der Waals surface area contributed by atoms with E-state index in [1.807, 2.05) is 25.2 Å². The van der Waals surface area contributed by atoms with E-state index in [9.17, 15) is 0 Å². The van der Waals surface area contributed by atoms with Gasteiger partial charge in [-0.15, -0.1) is 12.6 Å². The largest absolute Gasteiger partial charge is 0.361 e. The molecule has 3 aromatic carbocycles. The highest BCUT2D eigenvalue weighted by Crippen LogP contribution is 2.29. The van der Waals surface area contributed by atoms with Gasteiger partial charge in [-0.1, -0.05) is 48.5 Å². The van der Waals surface area contributed by atoms with Gasteiger partial charge in [0.15, 0.2) is 0 Å². The van der Waals surface area contributed by atoms with E-state index in [1.165, 1.54) is 27.6 Å². The highest BCUT2D eigenvalue weighted by molar-refractivity contribution is 7.80. The number of nitrogens with zero attached hydrogens (tertiary/aromatic N) is 1. The molecule has 0 fully saturated rings. The topological polar surface area (TPSA) is 52.7 Å². The Bertz CT molecular complexity index is 1310. The Hall–Kier alpha value is -3.54. The summed E-state index contributed by atoms with van der Waals surface area (Å²) >= 11 is 4.02. The first-order chi connectivity index (χ1) is 16.1. The predicted octanol–water partition coefficient (Wildman–Crippen LogP) is 6.98. The van der Waals surface area contributed by atoms with Crippen LogP contribution in [0.2, 0.25) is 0 Å². The molecule has 0 spiro atoms. The number of benzene rings is 3. The van der Waals surface area contributed by atoms with Crippen LogP contribution >= 0.6 is 12.6 Å². The smallest absolute Gasteiger partial charge is 0.0478 e. The molecule has 0 aliphatic carbocycles. The molecule has 0 radical (unpaired) electrons. The third kappa shape index (κ3) is 5.83. The molecule has 0 bridgehead atoms. The molecule has 0 saturated heterocycles. The van der Waals surface area contributed by atoms with Gasteiger partial charge in [0.25, 0.3) is 0 Å². The van der Waals surface area contributed by atoms with Crippen LogP contribution in [-0.2, 0) is 6.54 Å². The Morgan fingerprint density at radius 3 is 2.45 bits per heavy atom. The summed E-state index contributed by atoms with van der Waals surface area (Å²) in [5.41, 5.74) is 8.33. The van der Waals surface area contributed by atoms with Crippen LogP contribution in [0.5, 0.6) is 0 Å². The molecule has 3 N–H and O–H groups in total. The summed E-state index contributed by atoms with van der Waals surface area (Å²) in [6, 6.07) is 27.3. The van der Waals surface area contributed by atoms with Crippen molar-refractivity contribution in [3.05, 3.63) is 109 Å². The number of pyridine rings is 1. The van der Waals surface area contributed by atoms with E-state index in [4.69, 9.17) is 0 Å². The van der Waals surface area contributed by atoms with Crippen LogP contribution in [0.1, 0.15) is 11.1 Å². The third-order valence-corrected chi connectivity index (χ3v) is 5.67. The van der Waals surface area contributed by atoms with Crippen LogP contribution in [0.15, 0.2) is 102 Å². The van der Waals surface area contributed by atoms with Crippen LogP contribution in [0.3, 0.4) is 0 Å². The summed E-state index contributed by atoms with van der Waals surface area (Å²) in [6.07, 6.45) is 5.50. The summed E-state index contributed by atoms with van der Waals surface area (Å²) in [6.45, 7) is 3.00. The fourth-order valence-electron chi connectivity index (χ4n) is 3.68. The van der Waals surface area contributed by atoms with Crippen LogP contribution in [0.25, 0.3) is 22.0 Å². The van der Waals surface area contributed by atoms with Crippen LogP contribution in [0, 0.1) is 6.92 Å². The zero-order chi connectivity index (χ0) is 23.0. The SMILES string of the molecule is CNCc1c[nH]c2cc(Nc3cc(-c4ccccc4)ccc3C)ccc12.Sc1cccnc1. The maximum Gasteiger partial charge on any atom is 0.0478 e. The molecule has 33 heavy (non-hydrogen) atoms. The van der Waals surface area contributed by atoms with Gasteiger partial charge in [0, 0.05) is 52.3 Å². The molecule has 2 heterocycles. The number of aromatic amines is 1. The summed E-state index contributed by atoms with van der Waals surface area (Å²) in [4.78, 5) is 8.08. The third-order valence-electron chi connectivity index (χ3n) is 5.40.